The molecule has 0 amide bonds. The van der Waals surface area contributed by atoms with Gasteiger partial charge in [0.25, 0.3) is 0 Å². The molecule has 0 fully saturated rings. The van der Waals surface area contributed by atoms with Crippen LogP contribution in [0.3, 0.4) is 0 Å². The van der Waals surface area contributed by atoms with Crippen LogP contribution in [-0.2, 0) is 42.9 Å². The fourth-order valence-electron chi connectivity index (χ4n) is 3.43. The minimum atomic E-state index is -0.687. The van der Waals surface area contributed by atoms with E-state index in [0.29, 0.717) is 25.0 Å². The summed E-state index contributed by atoms with van der Waals surface area (Å²) in [6.45, 7) is 12.4. The molecule has 0 aromatic rings. The Morgan fingerprint density at radius 1 is 0.564 bits per heavy atom. The Kier molecular flexibility index (Phi) is 21.6. The van der Waals surface area contributed by atoms with Crippen LogP contribution in [0.1, 0.15) is 92.9 Å². The van der Waals surface area contributed by atoms with E-state index in [2.05, 4.69) is 27.7 Å². The largest absolute Gasteiger partial charge is 0.462 e. The third-order valence-corrected chi connectivity index (χ3v) is 6.11. The van der Waals surface area contributed by atoms with Gasteiger partial charge >= 0.3 is 23.9 Å². The lowest BCUT2D eigenvalue weighted by atomic mass is 10.0. The quantitative estimate of drug-likeness (QED) is 0.0972. The van der Waals surface area contributed by atoms with E-state index in [-0.39, 0.29) is 13.2 Å². The van der Waals surface area contributed by atoms with Crippen LogP contribution in [0.25, 0.3) is 0 Å². The molecule has 9 nitrogen and oxygen atoms in total. The molecular weight excluding hydrogens is 504 g/mol. The zero-order valence-electron chi connectivity index (χ0n) is 24.8. The topological polar surface area (TPSA) is 114 Å². The van der Waals surface area contributed by atoms with Crippen LogP contribution in [0.2, 0.25) is 0 Å². The average molecular weight is 555 g/mol. The number of rotatable bonds is 22. The molecule has 224 valence electrons. The van der Waals surface area contributed by atoms with Crippen LogP contribution in [0.4, 0.5) is 0 Å². The minimum Gasteiger partial charge on any atom is -0.462 e. The molecule has 0 rings (SSSR count). The Labute approximate surface area is 234 Å². The molecule has 0 N–H and O–H groups in total. The molecule has 39 heavy (non-hydrogen) atoms. The summed E-state index contributed by atoms with van der Waals surface area (Å²) in [5.74, 6) is -1.90. The molecule has 0 bridgehead atoms. The molecule has 0 radical (unpaired) electrons. The van der Waals surface area contributed by atoms with Crippen LogP contribution in [-0.4, -0.2) is 62.5 Å². The summed E-state index contributed by atoms with van der Waals surface area (Å²) in [5, 5.41) is 0. The van der Waals surface area contributed by atoms with E-state index in [0.717, 1.165) is 75.7 Å². The molecule has 0 saturated heterocycles. The maximum absolute atomic E-state index is 11.9. The molecule has 0 heterocycles. The summed E-state index contributed by atoms with van der Waals surface area (Å²) in [6.07, 6.45) is 11.3. The first-order valence-electron chi connectivity index (χ1n) is 14.3. The van der Waals surface area contributed by atoms with Crippen molar-refractivity contribution >= 4 is 23.9 Å². The number of hydrogen-bond acceptors (Lipinski definition) is 9. The first-order valence-corrected chi connectivity index (χ1v) is 14.3. The molecule has 0 aromatic heterocycles. The van der Waals surface area contributed by atoms with Crippen molar-refractivity contribution in [1.82, 2.24) is 0 Å². The van der Waals surface area contributed by atoms with Gasteiger partial charge in [-0.25, -0.2) is 19.2 Å². The number of unbranched alkanes of at least 4 members (excludes halogenated alkanes) is 2. The zero-order valence-corrected chi connectivity index (χ0v) is 24.8. The predicted octanol–water partition coefficient (Wildman–Crippen LogP) is 5.50. The normalized spacial score (nSPS) is 14.5. The Bertz CT molecular complexity index is 760. The number of carbonyl (C=O) groups excluding carboxylic acids is 4. The molecule has 0 aliphatic carbocycles. The SMILES string of the molecule is CCCCC(CC)COC(=O)/C=C/C(=O)OCC(C)OCC(C)OC(=O)/C=C/C(=O)OCC(CC)CCCC. The first-order chi connectivity index (χ1) is 18.6. The Hall–Kier alpha value is -2.68. The number of esters is 4. The summed E-state index contributed by atoms with van der Waals surface area (Å²) in [6, 6.07) is 0. The highest BCUT2D eigenvalue weighted by molar-refractivity contribution is 5.92. The highest BCUT2D eigenvalue weighted by Gasteiger charge is 2.13. The molecule has 4 unspecified atom stereocenters. The summed E-state index contributed by atoms with van der Waals surface area (Å²) in [5.41, 5.74) is 0. The van der Waals surface area contributed by atoms with Crippen molar-refractivity contribution in [3.63, 3.8) is 0 Å². The van der Waals surface area contributed by atoms with Gasteiger partial charge in [-0.05, 0) is 38.5 Å². The van der Waals surface area contributed by atoms with E-state index in [1.165, 1.54) is 0 Å². The highest BCUT2D eigenvalue weighted by Crippen LogP contribution is 2.14. The van der Waals surface area contributed by atoms with E-state index in [1.54, 1.807) is 13.8 Å². The van der Waals surface area contributed by atoms with E-state index in [9.17, 15) is 19.2 Å². The van der Waals surface area contributed by atoms with Crippen molar-refractivity contribution in [2.45, 2.75) is 105 Å². The van der Waals surface area contributed by atoms with E-state index >= 15 is 0 Å². The Morgan fingerprint density at radius 2 is 0.974 bits per heavy atom. The minimum absolute atomic E-state index is 0.0451. The molecule has 0 saturated carbocycles. The van der Waals surface area contributed by atoms with Crippen LogP contribution in [0.5, 0.6) is 0 Å². The van der Waals surface area contributed by atoms with Crippen LogP contribution in [0, 0.1) is 11.8 Å². The number of ether oxygens (including phenoxy) is 5. The molecule has 0 aromatic carbocycles. The lowest BCUT2D eigenvalue weighted by Crippen LogP contribution is -2.25. The van der Waals surface area contributed by atoms with Gasteiger partial charge in [0, 0.05) is 24.3 Å². The Balaban J connectivity index is 4.19. The molecular formula is C30H50O9. The van der Waals surface area contributed by atoms with Gasteiger partial charge in [0.1, 0.15) is 12.7 Å². The van der Waals surface area contributed by atoms with E-state index in [4.69, 9.17) is 23.7 Å². The van der Waals surface area contributed by atoms with Crippen molar-refractivity contribution in [3.05, 3.63) is 24.3 Å². The third kappa shape index (κ3) is 20.9. The summed E-state index contributed by atoms with van der Waals surface area (Å²) in [4.78, 5) is 47.5. The van der Waals surface area contributed by atoms with Gasteiger partial charge in [-0.2, -0.15) is 0 Å². The molecule has 4 atom stereocenters. The lowest BCUT2D eigenvalue weighted by molar-refractivity contribution is -0.149. The first kappa shape index (κ1) is 36.3. The zero-order chi connectivity index (χ0) is 29.5. The summed E-state index contributed by atoms with van der Waals surface area (Å²) in [7, 11) is 0. The van der Waals surface area contributed by atoms with Crippen LogP contribution >= 0.6 is 0 Å². The summed E-state index contributed by atoms with van der Waals surface area (Å²) < 4.78 is 26.2. The standard InChI is InChI=1S/C30H50O9/c1-7-11-13-25(9-3)21-37-28(32)16-15-27(31)36-19-23(5)35-20-24(6)39-30(34)18-17-29(33)38-22-26(10-4)14-12-8-2/h15-18,23-26H,7-14,19-22H2,1-6H3/b16-15+,18-17+. The van der Waals surface area contributed by atoms with Gasteiger partial charge in [-0.15, -0.1) is 0 Å². The van der Waals surface area contributed by atoms with Gasteiger partial charge < -0.3 is 23.7 Å². The summed E-state index contributed by atoms with van der Waals surface area (Å²) >= 11 is 0. The molecule has 0 spiro atoms. The fourth-order valence-corrected chi connectivity index (χ4v) is 3.43. The van der Waals surface area contributed by atoms with Gasteiger partial charge in [-0.3, -0.25) is 0 Å². The number of carbonyl (C=O) groups is 4. The van der Waals surface area contributed by atoms with Crippen molar-refractivity contribution in [2.75, 3.05) is 26.4 Å². The van der Waals surface area contributed by atoms with Gasteiger partial charge in [0.15, 0.2) is 0 Å². The van der Waals surface area contributed by atoms with Crippen LogP contribution < -0.4 is 0 Å². The monoisotopic (exact) mass is 554 g/mol. The second-order valence-electron chi connectivity index (χ2n) is 9.78. The van der Waals surface area contributed by atoms with Crippen molar-refractivity contribution in [3.8, 4) is 0 Å². The smallest absolute Gasteiger partial charge is 0.331 e. The predicted molar refractivity (Wildman–Crippen MR) is 149 cm³/mol. The second kappa shape index (κ2) is 23.2. The lowest BCUT2D eigenvalue weighted by Gasteiger charge is -2.17. The van der Waals surface area contributed by atoms with Gasteiger partial charge in [0.05, 0.1) is 25.9 Å². The Morgan fingerprint density at radius 3 is 1.38 bits per heavy atom. The van der Waals surface area contributed by atoms with Gasteiger partial charge in [-0.1, -0.05) is 66.2 Å². The van der Waals surface area contributed by atoms with Crippen LogP contribution in [0.15, 0.2) is 24.3 Å². The third-order valence-electron chi connectivity index (χ3n) is 6.11. The molecule has 9 heteroatoms. The molecule has 0 aliphatic rings. The van der Waals surface area contributed by atoms with Crippen molar-refractivity contribution < 1.29 is 42.9 Å². The second-order valence-corrected chi connectivity index (χ2v) is 9.78. The average Bonchev–Trinajstić information content (AvgIpc) is 2.92. The number of hydrogen-bond donors (Lipinski definition) is 0. The molecule has 0 aliphatic heterocycles. The van der Waals surface area contributed by atoms with Crippen molar-refractivity contribution in [1.29, 1.82) is 0 Å². The van der Waals surface area contributed by atoms with E-state index < -0.39 is 36.1 Å². The van der Waals surface area contributed by atoms with E-state index in [1.807, 2.05) is 0 Å². The fraction of sp³-hybridized carbons (Fsp3) is 0.733. The van der Waals surface area contributed by atoms with Gasteiger partial charge in [0.2, 0.25) is 0 Å². The maximum atomic E-state index is 11.9. The highest BCUT2D eigenvalue weighted by atomic mass is 16.6. The maximum Gasteiger partial charge on any atom is 0.331 e. The van der Waals surface area contributed by atoms with Crippen molar-refractivity contribution in [2.24, 2.45) is 11.8 Å².